The van der Waals surface area contributed by atoms with Gasteiger partial charge in [0.15, 0.2) is 5.01 Å². The Bertz CT molecular complexity index is 1260. The Morgan fingerprint density at radius 1 is 1.23 bits per heavy atom. The molecule has 0 spiro atoms. The Kier molecular flexibility index (Phi) is 4.69. The third-order valence-corrected chi connectivity index (χ3v) is 6.65. The summed E-state index contributed by atoms with van der Waals surface area (Å²) in [5, 5.41) is 21.9. The van der Waals surface area contributed by atoms with Crippen molar-refractivity contribution in [1.82, 2.24) is 29.7 Å². The predicted octanol–water partition coefficient (Wildman–Crippen LogP) is 4.53. The number of rotatable bonds is 6. The Labute approximate surface area is 177 Å². The van der Waals surface area contributed by atoms with Crippen molar-refractivity contribution < 1.29 is 8.78 Å². The van der Waals surface area contributed by atoms with Crippen molar-refractivity contribution in [3.05, 3.63) is 47.9 Å². The SMILES string of the molecule is N#CC1(NSc2cc(-c3ccncc3)c3cnn(-c4nnc(C(F)F)s4)c3c2)CC1. The Morgan fingerprint density at radius 3 is 2.70 bits per heavy atom. The van der Waals surface area contributed by atoms with Crippen molar-refractivity contribution >= 4 is 34.2 Å². The lowest BCUT2D eigenvalue weighted by atomic mass is 10.0. The zero-order valence-electron chi connectivity index (χ0n) is 15.3. The lowest BCUT2D eigenvalue weighted by Gasteiger charge is -2.11. The van der Waals surface area contributed by atoms with Gasteiger partial charge in [0.2, 0.25) is 5.13 Å². The molecule has 1 saturated carbocycles. The molecule has 7 nitrogen and oxygen atoms in total. The molecule has 0 atom stereocenters. The average molecular weight is 441 g/mol. The van der Waals surface area contributed by atoms with Gasteiger partial charge in [-0.1, -0.05) is 11.3 Å². The minimum Gasteiger partial charge on any atom is -0.265 e. The normalized spacial score (nSPS) is 14.9. The van der Waals surface area contributed by atoms with Gasteiger partial charge in [-0.15, -0.1) is 10.2 Å². The summed E-state index contributed by atoms with van der Waals surface area (Å²) >= 11 is 2.18. The van der Waals surface area contributed by atoms with E-state index in [-0.39, 0.29) is 10.1 Å². The van der Waals surface area contributed by atoms with E-state index in [2.05, 4.69) is 31.1 Å². The van der Waals surface area contributed by atoms with E-state index in [9.17, 15) is 14.0 Å². The molecule has 1 N–H and O–H groups in total. The second kappa shape index (κ2) is 7.39. The van der Waals surface area contributed by atoms with Crippen molar-refractivity contribution in [3.63, 3.8) is 0 Å². The maximum Gasteiger partial charge on any atom is 0.291 e. The first kappa shape index (κ1) is 19.0. The van der Waals surface area contributed by atoms with Crippen LogP contribution < -0.4 is 4.72 Å². The molecule has 11 heteroatoms. The largest absolute Gasteiger partial charge is 0.291 e. The average Bonchev–Trinajstić information content (AvgIpc) is 3.17. The molecule has 3 heterocycles. The zero-order valence-corrected chi connectivity index (χ0v) is 16.9. The quantitative estimate of drug-likeness (QED) is 0.440. The van der Waals surface area contributed by atoms with Crippen LogP contribution in [0.5, 0.6) is 0 Å². The first-order valence-corrected chi connectivity index (χ1v) is 10.6. The summed E-state index contributed by atoms with van der Waals surface area (Å²) < 4.78 is 30.7. The number of hydrogen-bond acceptors (Lipinski definition) is 8. The number of fused-ring (bicyclic) bond motifs is 1. The highest BCUT2D eigenvalue weighted by atomic mass is 32.2. The topological polar surface area (TPSA) is 92.3 Å². The van der Waals surface area contributed by atoms with Crippen LogP contribution in [0.1, 0.15) is 24.3 Å². The summed E-state index contributed by atoms with van der Waals surface area (Å²) in [5.74, 6) is 0. The van der Waals surface area contributed by atoms with E-state index in [0.29, 0.717) is 5.52 Å². The summed E-state index contributed by atoms with van der Waals surface area (Å²) in [4.78, 5) is 4.94. The smallest absolute Gasteiger partial charge is 0.265 e. The number of benzene rings is 1. The fraction of sp³-hybridized carbons (Fsp3) is 0.211. The maximum absolute atomic E-state index is 13.0. The van der Waals surface area contributed by atoms with Gasteiger partial charge in [-0.05, 0) is 60.2 Å². The number of nitrogens with one attached hydrogen (secondary N) is 1. The second-order valence-electron chi connectivity index (χ2n) is 6.82. The standard InChI is InChI=1S/C19H13F2N7S2/c20-16(21)17-25-26-18(29-17)28-15-8-12(30-27-19(10-22)3-4-19)7-13(14(15)9-24-28)11-1-5-23-6-2-11/h1-2,5-9,16,27H,3-4H2. The molecule has 3 aromatic heterocycles. The molecule has 1 fully saturated rings. The molecule has 0 radical (unpaired) electrons. The van der Waals surface area contributed by atoms with Gasteiger partial charge in [-0.3, -0.25) is 4.98 Å². The van der Waals surface area contributed by atoms with Gasteiger partial charge in [-0.2, -0.15) is 10.4 Å². The van der Waals surface area contributed by atoms with Crippen LogP contribution in [0, 0.1) is 11.3 Å². The van der Waals surface area contributed by atoms with Gasteiger partial charge in [0.25, 0.3) is 6.43 Å². The molecule has 1 aliphatic rings. The van der Waals surface area contributed by atoms with Gasteiger partial charge >= 0.3 is 0 Å². The highest BCUT2D eigenvalue weighted by molar-refractivity contribution is 7.97. The van der Waals surface area contributed by atoms with Crippen LogP contribution in [-0.2, 0) is 0 Å². The second-order valence-corrected chi connectivity index (χ2v) is 8.68. The molecular formula is C19H13F2N7S2. The molecule has 1 aromatic carbocycles. The summed E-state index contributed by atoms with van der Waals surface area (Å²) in [6.07, 6.45) is 4.05. The molecule has 0 bridgehead atoms. The fourth-order valence-electron chi connectivity index (χ4n) is 3.00. The molecule has 150 valence electrons. The monoisotopic (exact) mass is 441 g/mol. The fourth-order valence-corrected chi connectivity index (χ4v) is 4.58. The van der Waals surface area contributed by atoms with Crippen LogP contribution in [-0.4, -0.2) is 30.5 Å². The highest BCUT2D eigenvalue weighted by Gasteiger charge is 2.43. The lowest BCUT2D eigenvalue weighted by molar-refractivity contribution is 0.150. The van der Waals surface area contributed by atoms with Crippen LogP contribution in [0.2, 0.25) is 0 Å². The number of pyridine rings is 1. The molecular weight excluding hydrogens is 428 g/mol. The number of aromatic nitrogens is 5. The van der Waals surface area contributed by atoms with Crippen LogP contribution >= 0.6 is 23.3 Å². The van der Waals surface area contributed by atoms with Crippen molar-refractivity contribution in [2.75, 3.05) is 0 Å². The number of alkyl halides is 2. The Hall–Kier alpha value is -2.94. The maximum atomic E-state index is 13.0. The van der Waals surface area contributed by atoms with Crippen molar-refractivity contribution in [2.45, 2.75) is 29.7 Å². The molecule has 0 unspecified atom stereocenters. The molecule has 5 rings (SSSR count). The first-order chi connectivity index (χ1) is 14.6. The van der Waals surface area contributed by atoms with E-state index in [1.807, 2.05) is 24.3 Å². The molecule has 0 aliphatic heterocycles. The summed E-state index contributed by atoms with van der Waals surface area (Å²) in [7, 11) is 0. The van der Waals surface area contributed by atoms with Gasteiger partial charge in [0.1, 0.15) is 5.54 Å². The zero-order chi connectivity index (χ0) is 20.7. The predicted molar refractivity (Wildman–Crippen MR) is 109 cm³/mol. The van der Waals surface area contributed by atoms with Crippen LogP contribution in [0.4, 0.5) is 8.78 Å². The minimum absolute atomic E-state index is 0.270. The van der Waals surface area contributed by atoms with Crippen molar-refractivity contribution in [2.24, 2.45) is 0 Å². The van der Waals surface area contributed by atoms with Gasteiger partial charge in [0.05, 0.1) is 17.8 Å². The summed E-state index contributed by atoms with van der Waals surface area (Å²) in [6.45, 7) is 0. The third kappa shape index (κ3) is 3.43. The van der Waals surface area contributed by atoms with Crippen LogP contribution in [0.3, 0.4) is 0 Å². The third-order valence-electron chi connectivity index (χ3n) is 4.78. The van der Waals surface area contributed by atoms with E-state index in [0.717, 1.165) is 45.6 Å². The number of halogens is 2. The molecule has 1 aliphatic carbocycles. The van der Waals surface area contributed by atoms with Gasteiger partial charge in [-0.25, -0.2) is 18.2 Å². The Balaban J connectivity index is 1.62. The molecule has 0 saturated heterocycles. The highest BCUT2D eigenvalue weighted by Crippen LogP contribution is 2.40. The molecule has 4 aromatic rings. The van der Waals surface area contributed by atoms with E-state index in [4.69, 9.17) is 0 Å². The van der Waals surface area contributed by atoms with E-state index >= 15 is 0 Å². The summed E-state index contributed by atoms with van der Waals surface area (Å²) in [5.41, 5.74) is 2.10. The van der Waals surface area contributed by atoms with Gasteiger partial charge < -0.3 is 0 Å². The lowest BCUT2D eigenvalue weighted by Crippen LogP contribution is -2.22. The van der Waals surface area contributed by atoms with Crippen molar-refractivity contribution in [3.8, 4) is 22.3 Å². The number of nitrogens with zero attached hydrogens (tertiary/aromatic N) is 6. The van der Waals surface area contributed by atoms with Crippen LogP contribution in [0.25, 0.3) is 27.2 Å². The van der Waals surface area contributed by atoms with E-state index in [1.165, 1.54) is 16.6 Å². The van der Waals surface area contributed by atoms with Crippen molar-refractivity contribution in [1.29, 1.82) is 5.26 Å². The summed E-state index contributed by atoms with van der Waals surface area (Å²) in [6, 6.07) is 10.0. The van der Waals surface area contributed by atoms with Gasteiger partial charge in [0, 0.05) is 22.7 Å². The van der Waals surface area contributed by atoms with E-state index in [1.54, 1.807) is 18.6 Å². The van der Waals surface area contributed by atoms with E-state index < -0.39 is 12.0 Å². The number of hydrogen-bond donors (Lipinski definition) is 1. The molecule has 0 amide bonds. The van der Waals surface area contributed by atoms with Crippen LogP contribution in [0.15, 0.2) is 47.8 Å². The number of nitriles is 1. The Morgan fingerprint density at radius 2 is 2.03 bits per heavy atom. The molecule has 30 heavy (non-hydrogen) atoms. The minimum atomic E-state index is -2.68. The first-order valence-electron chi connectivity index (χ1n) is 8.98.